The van der Waals surface area contributed by atoms with Crippen LogP contribution in [0.25, 0.3) is 0 Å². The first-order valence-electron chi connectivity index (χ1n) is 8.29. The average Bonchev–Trinajstić information content (AvgIpc) is 3.05. The highest BCUT2D eigenvalue weighted by molar-refractivity contribution is 5.51. The molecular weight excluding hydrogens is 266 g/mol. The molecule has 6 unspecified atom stereocenters. The summed E-state index contributed by atoms with van der Waals surface area (Å²) in [6.07, 6.45) is 2.53. The molecule has 110 valence electrons. The predicted octanol–water partition coefficient (Wildman–Crippen LogP) is 0.756. The molecule has 1 aromatic heterocycles. The number of rotatable bonds is 0. The third-order valence-electron chi connectivity index (χ3n) is 8.52. The first-order valence-corrected chi connectivity index (χ1v) is 8.29. The number of hydrogen-bond donors (Lipinski definition) is 0. The molecule has 8 rings (SSSR count). The highest BCUT2D eigenvalue weighted by atomic mass is 16.2. The van der Waals surface area contributed by atoms with Crippen molar-refractivity contribution in [3.8, 4) is 0 Å². The van der Waals surface area contributed by atoms with Crippen molar-refractivity contribution < 1.29 is 0 Å². The van der Waals surface area contributed by atoms with Crippen molar-refractivity contribution in [2.75, 3.05) is 0 Å². The SMILES string of the molecule is Cn1c(=O)n2n(c1=O)C1C3C4C3C3C5(CC(C)(C)CC135)C42. The molecule has 2 spiro atoms. The standard InChI is InChI=1S/C16H19N3O2/c1-14(2)4-15-9-6-7-8(6)11(16(9,15)5-14)19-13(21)17(3)12(20)18(19)10(7)15/h6-11H,4-5H2,1-3H3. The van der Waals surface area contributed by atoms with Gasteiger partial charge in [0.1, 0.15) is 0 Å². The Morgan fingerprint density at radius 2 is 1.38 bits per heavy atom. The lowest BCUT2D eigenvalue weighted by Crippen LogP contribution is -2.51. The third-order valence-corrected chi connectivity index (χ3v) is 8.52. The van der Waals surface area contributed by atoms with Crippen LogP contribution in [0.5, 0.6) is 0 Å². The minimum atomic E-state index is -0.0701. The van der Waals surface area contributed by atoms with E-state index in [0.717, 1.165) is 23.7 Å². The second-order valence-corrected chi connectivity index (χ2v) is 9.51. The smallest absolute Gasteiger partial charge is 0.246 e. The largest absolute Gasteiger partial charge is 0.347 e. The van der Waals surface area contributed by atoms with Gasteiger partial charge >= 0.3 is 11.4 Å². The van der Waals surface area contributed by atoms with Gasteiger partial charge in [-0.05, 0) is 41.9 Å². The zero-order valence-electron chi connectivity index (χ0n) is 12.5. The van der Waals surface area contributed by atoms with E-state index >= 15 is 0 Å². The van der Waals surface area contributed by atoms with Crippen molar-refractivity contribution in [2.24, 2.45) is 47.0 Å². The number of hydrogen-bond acceptors (Lipinski definition) is 2. The van der Waals surface area contributed by atoms with E-state index in [1.54, 1.807) is 7.05 Å². The van der Waals surface area contributed by atoms with Gasteiger partial charge in [0.2, 0.25) is 0 Å². The maximum atomic E-state index is 12.6. The summed E-state index contributed by atoms with van der Waals surface area (Å²) < 4.78 is 5.14. The zero-order chi connectivity index (χ0) is 14.3. The lowest BCUT2D eigenvalue weighted by molar-refractivity contribution is 0.0178. The summed E-state index contributed by atoms with van der Waals surface area (Å²) in [5.74, 6) is 3.11. The van der Waals surface area contributed by atoms with E-state index in [-0.39, 0.29) is 11.4 Å². The molecule has 0 aromatic carbocycles. The molecule has 5 heteroatoms. The number of aromatic nitrogens is 3. The molecule has 6 atom stereocenters. The van der Waals surface area contributed by atoms with Gasteiger partial charge in [-0.3, -0.25) is 0 Å². The summed E-state index contributed by atoms with van der Waals surface area (Å²) in [5.41, 5.74) is 0.995. The van der Waals surface area contributed by atoms with E-state index in [4.69, 9.17) is 0 Å². The molecule has 5 fully saturated rings. The topological polar surface area (TPSA) is 48.9 Å². The second-order valence-electron chi connectivity index (χ2n) is 9.51. The minimum absolute atomic E-state index is 0.0701. The Morgan fingerprint density at radius 1 is 0.905 bits per heavy atom. The third kappa shape index (κ3) is 0.624. The van der Waals surface area contributed by atoms with Crippen LogP contribution >= 0.6 is 0 Å². The van der Waals surface area contributed by atoms with Gasteiger partial charge in [0, 0.05) is 17.9 Å². The van der Waals surface area contributed by atoms with Crippen LogP contribution < -0.4 is 11.4 Å². The van der Waals surface area contributed by atoms with E-state index < -0.39 is 0 Å². The molecule has 2 bridgehead atoms. The van der Waals surface area contributed by atoms with Crippen LogP contribution in [0.2, 0.25) is 0 Å². The quantitative estimate of drug-likeness (QED) is 0.706. The van der Waals surface area contributed by atoms with E-state index in [1.165, 1.54) is 17.4 Å². The fourth-order valence-corrected chi connectivity index (χ4v) is 8.90. The molecule has 0 saturated heterocycles. The van der Waals surface area contributed by atoms with E-state index in [1.807, 2.05) is 9.36 Å². The number of nitrogens with zero attached hydrogens (tertiary/aromatic N) is 3. The molecule has 0 amide bonds. The lowest BCUT2D eigenvalue weighted by atomic mass is 9.73. The lowest BCUT2D eigenvalue weighted by Gasteiger charge is -2.45. The van der Waals surface area contributed by atoms with Crippen molar-refractivity contribution >= 4 is 0 Å². The molecule has 5 saturated carbocycles. The molecule has 5 nitrogen and oxygen atoms in total. The zero-order valence-corrected chi connectivity index (χ0v) is 12.5. The van der Waals surface area contributed by atoms with E-state index in [2.05, 4.69) is 13.8 Å². The molecule has 0 N–H and O–H groups in total. The van der Waals surface area contributed by atoms with Gasteiger partial charge in [-0.2, -0.15) is 0 Å². The maximum Gasteiger partial charge on any atom is 0.347 e. The Morgan fingerprint density at radius 3 is 1.86 bits per heavy atom. The predicted molar refractivity (Wildman–Crippen MR) is 73.8 cm³/mol. The molecule has 7 aliphatic rings. The monoisotopic (exact) mass is 285 g/mol. The first-order chi connectivity index (χ1) is 9.88. The Labute approximate surface area is 121 Å². The first kappa shape index (κ1) is 10.5. The Kier molecular flexibility index (Phi) is 1.10. The maximum absolute atomic E-state index is 12.6. The fourth-order valence-electron chi connectivity index (χ4n) is 8.90. The molecule has 1 aromatic rings. The van der Waals surface area contributed by atoms with Crippen LogP contribution in [0, 0.1) is 39.9 Å². The molecule has 3 heterocycles. The Balaban J connectivity index is 1.64. The summed E-state index contributed by atoms with van der Waals surface area (Å²) in [7, 11) is 1.64. The Hall–Kier alpha value is -1.26. The van der Waals surface area contributed by atoms with E-state index in [9.17, 15) is 9.59 Å². The van der Waals surface area contributed by atoms with Crippen LogP contribution in [0.1, 0.15) is 38.8 Å². The van der Waals surface area contributed by atoms with Gasteiger partial charge in [-0.15, -0.1) is 0 Å². The summed E-state index contributed by atoms with van der Waals surface area (Å²) in [4.78, 5) is 25.2. The average molecular weight is 285 g/mol. The van der Waals surface area contributed by atoms with Crippen LogP contribution in [0.3, 0.4) is 0 Å². The minimum Gasteiger partial charge on any atom is -0.246 e. The van der Waals surface area contributed by atoms with Crippen LogP contribution in [0.15, 0.2) is 9.59 Å². The van der Waals surface area contributed by atoms with Crippen molar-refractivity contribution in [3.63, 3.8) is 0 Å². The molecule has 5 aliphatic carbocycles. The summed E-state index contributed by atoms with van der Waals surface area (Å²) in [5, 5.41) is 0. The van der Waals surface area contributed by atoms with Gasteiger partial charge < -0.3 is 0 Å². The van der Waals surface area contributed by atoms with Crippen LogP contribution in [-0.2, 0) is 7.05 Å². The molecule has 0 radical (unpaired) electrons. The van der Waals surface area contributed by atoms with Crippen molar-refractivity contribution in [1.82, 2.24) is 13.9 Å². The van der Waals surface area contributed by atoms with Crippen LogP contribution in [0.4, 0.5) is 0 Å². The van der Waals surface area contributed by atoms with Gasteiger partial charge in [0.05, 0.1) is 12.1 Å². The van der Waals surface area contributed by atoms with Gasteiger partial charge in [0.25, 0.3) is 0 Å². The normalized spacial score (nSPS) is 60.9. The van der Waals surface area contributed by atoms with E-state index in [0.29, 0.717) is 28.3 Å². The summed E-state index contributed by atoms with van der Waals surface area (Å²) in [6, 6.07) is 0.677. The highest BCUT2D eigenvalue weighted by Crippen LogP contribution is 3.06. The summed E-state index contributed by atoms with van der Waals surface area (Å²) >= 11 is 0. The van der Waals surface area contributed by atoms with Gasteiger partial charge in [-0.1, -0.05) is 13.8 Å². The Bertz CT molecular complexity index is 836. The second kappa shape index (κ2) is 2.20. The summed E-state index contributed by atoms with van der Waals surface area (Å²) in [6.45, 7) is 4.77. The van der Waals surface area contributed by atoms with Gasteiger partial charge in [0.15, 0.2) is 0 Å². The molecular formula is C16H19N3O2. The van der Waals surface area contributed by atoms with Crippen LogP contribution in [-0.4, -0.2) is 13.9 Å². The van der Waals surface area contributed by atoms with Gasteiger partial charge in [-0.25, -0.2) is 23.5 Å². The highest BCUT2D eigenvalue weighted by Gasteiger charge is 3.04. The van der Waals surface area contributed by atoms with Crippen molar-refractivity contribution in [3.05, 3.63) is 21.0 Å². The molecule has 21 heavy (non-hydrogen) atoms. The fraction of sp³-hybridized carbons (Fsp3) is 0.875. The molecule has 2 aliphatic heterocycles. The van der Waals surface area contributed by atoms with Crippen molar-refractivity contribution in [2.45, 2.75) is 38.8 Å². The van der Waals surface area contributed by atoms with Crippen molar-refractivity contribution in [1.29, 1.82) is 0 Å².